The lowest BCUT2D eigenvalue weighted by Gasteiger charge is -2.36. The monoisotopic (exact) mass is 659 g/mol. The maximum atomic E-state index is 12.8. The van der Waals surface area contributed by atoms with E-state index in [4.69, 9.17) is 34.3 Å². The van der Waals surface area contributed by atoms with Gasteiger partial charge in [0.15, 0.2) is 6.23 Å². The number of benzene rings is 1. The summed E-state index contributed by atoms with van der Waals surface area (Å²) in [6, 6.07) is 6.34. The van der Waals surface area contributed by atoms with E-state index in [9.17, 15) is 4.79 Å². The van der Waals surface area contributed by atoms with Crippen LogP contribution in [-0.4, -0.2) is 113 Å². The van der Waals surface area contributed by atoms with Crippen molar-refractivity contribution in [1.29, 1.82) is 0 Å². The van der Waals surface area contributed by atoms with Crippen LogP contribution < -0.4 is 14.5 Å². The van der Waals surface area contributed by atoms with E-state index < -0.39 is 5.60 Å². The van der Waals surface area contributed by atoms with Crippen LogP contribution in [0.2, 0.25) is 0 Å². The molecule has 0 bridgehead atoms. The average molecular weight is 660 g/mol. The van der Waals surface area contributed by atoms with Crippen molar-refractivity contribution in [2.24, 2.45) is 0 Å². The summed E-state index contributed by atoms with van der Waals surface area (Å²) < 4.78 is 20.4. The third-order valence-electron chi connectivity index (χ3n) is 9.10. The number of amides is 1. The summed E-state index contributed by atoms with van der Waals surface area (Å²) in [5, 5.41) is 6.46. The van der Waals surface area contributed by atoms with E-state index in [2.05, 4.69) is 47.9 Å². The number of rotatable bonds is 8. The molecular weight excluding hydrogens is 610 g/mol. The van der Waals surface area contributed by atoms with E-state index >= 15 is 0 Å². The number of carbonyl (C=O) groups is 1. The van der Waals surface area contributed by atoms with Gasteiger partial charge < -0.3 is 33.8 Å². The number of nitrogens with zero attached hydrogens (tertiary/aromatic N) is 9. The van der Waals surface area contributed by atoms with Gasteiger partial charge in [-0.15, -0.1) is 0 Å². The molecule has 48 heavy (non-hydrogen) atoms. The van der Waals surface area contributed by atoms with Gasteiger partial charge in [0, 0.05) is 58.6 Å². The van der Waals surface area contributed by atoms with Gasteiger partial charge in [-0.05, 0) is 85.7 Å². The van der Waals surface area contributed by atoms with Crippen molar-refractivity contribution in [1.82, 2.24) is 34.5 Å². The van der Waals surface area contributed by atoms with E-state index in [1.807, 2.05) is 51.7 Å². The zero-order valence-electron chi connectivity index (χ0n) is 29.6. The van der Waals surface area contributed by atoms with Gasteiger partial charge in [0.1, 0.15) is 22.7 Å². The maximum absolute atomic E-state index is 12.8. The molecule has 13 heteroatoms. The standard InChI is InChI=1S/C35H49N9O4/c1-23-12-13-27-26(21-37-44(27)28-11-9-10-20-46-28)30(23)47-32-29-25(14-15-36-32)31(39-33(38-29)41(8)22-24(2)40(6)7)42-16-18-43(19-17-42)34(45)48-35(3,4)5/h12-15,21,24,28H,9-11,16-20,22H2,1-8H3. The van der Waals surface area contributed by atoms with Crippen LogP contribution in [-0.2, 0) is 9.47 Å². The summed E-state index contributed by atoms with van der Waals surface area (Å²) in [4.78, 5) is 35.9. The van der Waals surface area contributed by atoms with Crippen LogP contribution in [0.3, 0.4) is 0 Å². The van der Waals surface area contributed by atoms with Crippen molar-refractivity contribution in [2.75, 3.05) is 70.3 Å². The normalized spacial score (nSPS) is 18.1. The zero-order valence-corrected chi connectivity index (χ0v) is 29.6. The van der Waals surface area contributed by atoms with Crippen LogP contribution in [0, 0.1) is 6.92 Å². The number of hydrogen-bond donors (Lipinski definition) is 0. The predicted octanol–water partition coefficient (Wildman–Crippen LogP) is 5.62. The molecular formula is C35H49N9O4. The fourth-order valence-corrected chi connectivity index (χ4v) is 6.14. The molecule has 1 amide bonds. The molecule has 0 N–H and O–H groups in total. The molecule has 258 valence electrons. The van der Waals surface area contributed by atoms with Gasteiger partial charge in [0.25, 0.3) is 0 Å². The molecule has 4 aromatic rings. The first-order valence-corrected chi connectivity index (χ1v) is 16.9. The third-order valence-corrected chi connectivity index (χ3v) is 9.10. The fourth-order valence-electron chi connectivity index (χ4n) is 6.14. The SMILES string of the molecule is Cc1ccc2c(cnn2C2CCCCO2)c1Oc1nccc2c(N3CCN(C(=O)OC(C)(C)C)CC3)nc(N(C)CC(C)N(C)C)nc12. The Bertz CT molecular complexity index is 1750. The Balaban J connectivity index is 1.37. The lowest BCUT2D eigenvalue weighted by molar-refractivity contribution is -0.0366. The molecule has 0 spiro atoms. The van der Waals surface area contributed by atoms with Crippen LogP contribution >= 0.6 is 0 Å². The highest BCUT2D eigenvalue weighted by Gasteiger charge is 2.29. The molecule has 0 radical (unpaired) electrons. The molecule has 1 aromatic carbocycles. The Morgan fingerprint density at radius 3 is 2.52 bits per heavy atom. The van der Waals surface area contributed by atoms with Crippen molar-refractivity contribution >= 4 is 39.7 Å². The van der Waals surface area contributed by atoms with Crippen LogP contribution in [0.1, 0.15) is 58.7 Å². The van der Waals surface area contributed by atoms with E-state index in [1.165, 1.54) is 0 Å². The van der Waals surface area contributed by atoms with Gasteiger partial charge >= 0.3 is 6.09 Å². The first-order valence-electron chi connectivity index (χ1n) is 16.9. The van der Waals surface area contributed by atoms with Crippen molar-refractivity contribution in [2.45, 2.75) is 71.8 Å². The largest absolute Gasteiger partial charge is 0.444 e. The summed E-state index contributed by atoms with van der Waals surface area (Å²) in [7, 11) is 6.14. The predicted molar refractivity (Wildman–Crippen MR) is 187 cm³/mol. The van der Waals surface area contributed by atoms with Crippen LogP contribution in [0.25, 0.3) is 21.8 Å². The molecule has 2 aliphatic rings. The number of likely N-dealkylation sites (N-methyl/N-ethyl adjacent to an activating group) is 2. The quantitative estimate of drug-likeness (QED) is 0.235. The number of hydrogen-bond acceptors (Lipinski definition) is 11. The Hall–Kier alpha value is -4.23. The molecule has 3 aromatic heterocycles. The number of aromatic nitrogens is 5. The molecule has 13 nitrogen and oxygen atoms in total. The van der Waals surface area contributed by atoms with Crippen molar-refractivity contribution < 1.29 is 19.0 Å². The third kappa shape index (κ3) is 7.12. The number of carbonyl (C=O) groups excluding carboxylic acids is 1. The molecule has 5 heterocycles. The van der Waals surface area contributed by atoms with E-state index in [1.54, 1.807) is 11.1 Å². The van der Waals surface area contributed by atoms with Gasteiger partial charge in [0.05, 0.1) is 22.5 Å². The Labute approximate surface area is 282 Å². The van der Waals surface area contributed by atoms with Gasteiger partial charge in [-0.25, -0.2) is 19.4 Å². The number of piperazine rings is 1. The molecule has 2 saturated heterocycles. The first kappa shape index (κ1) is 33.7. The summed E-state index contributed by atoms with van der Waals surface area (Å²) in [6.45, 7) is 13.6. The number of ether oxygens (including phenoxy) is 3. The smallest absolute Gasteiger partial charge is 0.410 e. The average Bonchev–Trinajstić information content (AvgIpc) is 3.49. The van der Waals surface area contributed by atoms with Gasteiger partial charge in [0.2, 0.25) is 11.8 Å². The highest BCUT2D eigenvalue weighted by atomic mass is 16.6. The molecule has 0 aliphatic carbocycles. The second-order valence-corrected chi connectivity index (χ2v) is 14.2. The molecule has 2 fully saturated rings. The van der Waals surface area contributed by atoms with Crippen molar-refractivity contribution in [3.63, 3.8) is 0 Å². The Morgan fingerprint density at radius 1 is 1.06 bits per heavy atom. The lowest BCUT2D eigenvalue weighted by atomic mass is 10.1. The Kier molecular flexibility index (Phi) is 9.62. The minimum Gasteiger partial charge on any atom is -0.444 e. The first-order chi connectivity index (χ1) is 22.9. The zero-order chi connectivity index (χ0) is 34.2. The van der Waals surface area contributed by atoms with Crippen LogP contribution in [0.15, 0.2) is 30.6 Å². The summed E-state index contributed by atoms with van der Waals surface area (Å²) in [6.07, 6.45) is 6.33. The van der Waals surface area contributed by atoms with Crippen molar-refractivity contribution in [3.8, 4) is 11.6 Å². The summed E-state index contributed by atoms with van der Waals surface area (Å²) in [5.74, 6) is 2.46. The van der Waals surface area contributed by atoms with E-state index in [0.29, 0.717) is 49.3 Å². The minimum atomic E-state index is -0.547. The van der Waals surface area contributed by atoms with E-state index in [-0.39, 0.29) is 18.4 Å². The number of anilines is 2. The van der Waals surface area contributed by atoms with Gasteiger partial charge in [-0.2, -0.15) is 10.1 Å². The molecule has 2 aliphatic heterocycles. The maximum Gasteiger partial charge on any atom is 0.410 e. The molecule has 6 rings (SSSR count). The van der Waals surface area contributed by atoms with Crippen LogP contribution in [0.4, 0.5) is 16.6 Å². The van der Waals surface area contributed by atoms with Crippen LogP contribution in [0.5, 0.6) is 11.6 Å². The molecule has 2 unspecified atom stereocenters. The fraction of sp³-hybridized carbons (Fsp3) is 0.571. The topological polar surface area (TPSA) is 114 Å². The highest BCUT2D eigenvalue weighted by Crippen LogP contribution is 2.38. The second kappa shape index (κ2) is 13.7. The highest BCUT2D eigenvalue weighted by molar-refractivity contribution is 5.94. The summed E-state index contributed by atoms with van der Waals surface area (Å²) in [5.41, 5.74) is 2.00. The summed E-state index contributed by atoms with van der Waals surface area (Å²) >= 11 is 0. The lowest BCUT2D eigenvalue weighted by Crippen LogP contribution is -2.50. The Morgan fingerprint density at radius 2 is 1.83 bits per heavy atom. The van der Waals surface area contributed by atoms with Crippen molar-refractivity contribution in [3.05, 3.63) is 36.2 Å². The number of fused-ring (bicyclic) bond motifs is 2. The van der Waals surface area contributed by atoms with E-state index in [0.717, 1.165) is 60.1 Å². The second-order valence-electron chi connectivity index (χ2n) is 14.2. The van der Waals surface area contributed by atoms with Gasteiger partial charge in [-0.1, -0.05) is 6.07 Å². The minimum absolute atomic E-state index is 0.0868. The number of pyridine rings is 1. The molecule has 0 saturated carbocycles. The number of aryl methyl sites for hydroxylation is 1. The molecule has 2 atom stereocenters. The van der Waals surface area contributed by atoms with Gasteiger partial charge in [-0.3, -0.25) is 0 Å².